The second kappa shape index (κ2) is 12.9. The molecule has 2 aromatic heterocycles. The van der Waals surface area contributed by atoms with Gasteiger partial charge in [-0.1, -0.05) is 25.5 Å². The third-order valence-corrected chi connectivity index (χ3v) is 6.92. The fraction of sp³-hybridized carbons (Fsp3) is 0.419. The van der Waals surface area contributed by atoms with Crippen LogP contribution < -0.4 is 10.6 Å². The lowest BCUT2D eigenvalue weighted by molar-refractivity contribution is 0.794. The molecule has 4 aromatic rings. The zero-order valence-electron chi connectivity index (χ0n) is 22.0. The summed E-state index contributed by atoms with van der Waals surface area (Å²) in [5.41, 5.74) is 9.30. The third kappa shape index (κ3) is 6.88. The van der Waals surface area contributed by atoms with E-state index in [0.29, 0.717) is 5.88 Å². The number of alkyl halides is 1. The number of nitrogens with zero attached hydrogens (tertiary/aromatic N) is 2. The van der Waals surface area contributed by atoms with Gasteiger partial charge in [0.1, 0.15) is 0 Å². The van der Waals surface area contributed by atoms with Gasteiger partial charge in [-0.2, -0.15) is 0 Å². The first-order valence-corrected chi connectivity index (χ1v) is 13.9. The monoisotopic (exact) mass is 502 g/mol. The molecule has 0 radical (unpaired) electrons. The number of rotatable bonds is 13. The first-order valence-electron chi connectivity index (χ1n) is 13.4. The van der Waals surface area contributed by atoms with E-state index >= 15 is 0 Å². The summed E-state index contributed by atoms with van der Waals surface area (Å²) in [6, 6.07) is 17.6. The maximum absolute atomic E-state index is 5.90. The average Bonchev–Trinajstić information content (AvgIpc) is 2.88. The summed E-state index contributed by atoms with van der Waals surface area (Å²) in [5, 5.41) is 9.79. The van der Waals surface area contributed by atoms with Crippen LogP contribution >= 0.6 is 11.6 Å². The Morgan fingerprint density at radius 3 is 1.64 bits per heavy atom. The number of unbranched alkanes of at least 4 members (excludes halogenated alkanes) is 2. The molecule has 4 nitrogen and oxygen atoms in total. The Morgan fingerprint density at radius 1 is 0.667 bits per heavy atom. The third-order valence-electron chi connectivity index (χ3n) is 6.65. The summed E-state index contributed by atoms with van der Waals surface area (Å²) >= 11 is 5.90. The van der Waals surface area contributed by atoms with Gasteiger partial charge < -0.3 is 10.6 Å². The summed E-state index contributed by atoms with van der Waals surface area (Å²) in [6.07, 6.45) is 7.74. The van der Waals surface area contributed by atoms with Gasteiger partial charge in [-0.3, -0.25) is 9.97 Å². The van der Waals surface area contributed by atoms with Crippen LogP contribution in [-0.2, 0) is 12.8 Å². The van der Waals surface area contributed by atoms with Gasteiger partial charge in [0.25, 0.3) is 0 Å². The van der Waals surface area contributed by atoms with Crippen LogP contribution in [0.1, 0.15) is 61.5 Å². The van der Waals surface area contributed by atoms with Crippen molar-refractivity contribution in [3.05, 3.63) is 71.0 Å². The van der Waals surface area contributed by atoms with Crippen LogP contribution in [0.2, 0.25) is 0 Å². The maximum atomic E-state index is 5.90. The van der Waals surface area contributed by atoms with Gasteiger partial charge in [-0.15, -0.1) is 11.6 Å². The Labute approximate surface area is 220 Å². The van der Waals surface area contributed by atoms with Crippen molar-refractivity contribution < 1.29 is 0 Å². The Bertz CT molecular complexity index is 1200. The molecule has 0 atom stereocenters. The van der Waals surface area contributed by atoms with Crippen molar-refractivity contribution in [1.82, 2.24) is 9.97 Å². The Kier molecular flexibility index (Phi) is 9.41. The molecular weight excluding hydrogens is 464 g/mol. The van der Waals surface area contributed by atoms with Crippen molar-refractivity contribution in [1.29, 1.82) is 0 Å². The molecule has 0 aliphatic carbocycles. The van der Waals surface area contributed by atoms with Crippen LogP contribution in [0.15, 0.2) is 48.5 Å². The molecule has 0 fully saturated rings. The van der Waals surface area contributed by atoms with Gasteiger partial charge in [0.2, 0.25) is 0 Å². The molecule has 0 aliphatic heterocycles. The number of hydrogen-bond donors (Lipinski definition) is 2. The van der Waals surface area contributed by atoms with E-state index in [9.17, 15) is 0 Å². The second-order valence-corrected chi connectivity index (χ2v) is 10.2. The number of hydrogen-bond acceptors (Lipinski definition) is 4. The van der Waals surface area contributed by atoms with Crippen LogP contribution in [-0.4, -0.2) is 28.9 Å². The minimum Gasteiger partial charge on any atom is -0.384 e. The number of halogens is 1. The van der Waals surface area contributed by atoms with Crippen LogP contribution in [0.5, 0.6) is 0 Å². The molecule has 0 saturated carbocycles. The molecule has 0 saturated heterocycles. The van der Waals surface area contributed by atoms with Crippen molar-refractivity contribution in [2.75, 3.05) is 29.6 Å². The van der Waals surface area contributed by atoms with Gasteiger partial charge in [0.15, 0.2) is 0 Å². The summed E-state index contributed by atoms with van der Waals surface area (Å²) in [7, 11) is 0. The summed E-state index contributed by atoms with van der Waals surface area (Å²) < 4.78 is 0. The largest absolute Gasteiger partial charge is 0.384 e. The molecule has 190 valence electrons. The van der Waals surface area contributed by atoms with E-state index in [-0.39, 0.29) is 0 Å². The van der Waals surface area contributed by atoms with Gasteiger partial charge in [0, 0.05) is 52.5 Å². The van der Waals surface area contributed by atoms with E-state index in [2.05, 4.69) is 79.9 Å². The molecule has 2 heterocycles. The van der Waals surface area contributed by atoms with Crippen molar-refractivity contribution in [2.24, 2.45) is 0 Å². The highest BCUT2D eigenvalue weighted by molar-refractivity contribution is 6.17. The molecule has 0 amide bonds. The Hall–Kier alpha value is -2.85. The highest BCUT2D eigenvalue weighted by atomic mass is 35.5. The summed E-state index contributed by atoms with van der Waals surface area (Å²) in [6.45, 7) is 8.25. The number of aromatic nitrogens is 2. The predicted octanol–water partition coefficient (Wildman–Crippen LogP) is 8.22. The number of benzene rings is 2. The van der Waals surface area contributed by atoms with E-state index < -0.39 is 0 Å². The lowest BCUT2D eigenvalue weighted by atomic mass is 10.0. The first kappa shape index (κ1) is 26.2. The molecular formula is C31H39ClN4. The van der Waals surface area contributed by atoms with Gasteiger partial charge in [0.05, 0.1) is 11.0 Å². The Balaban J connectivity index is 1.35. The van der Waals surface area contributed by atoms with Crippen molar-refractivity contribution in [3.8, 4) is 0 Å². The molecule has 2 aromatic carbocycles. The number of nitrogens with one attached hydrogen (secondary N) is 2. The van der Waals surface area contributed by atoms with Crippen LogP contribution in [0, 0.1) is 13.8 Å². The van der Waals surface area contributed by atoms with Crippen LogP contribution in [0.3, 0.4) is 0 Å². The fourth-order valence-corrected chi connectivity index (χ4v) is 4.90. The minimum atomic E-state index is 0.693. The Morgan fingerprint density at radius 2 is 1.17 bits per heavy atom. The van der Waals surface area contributed by atoms with Crippen molar-refractivity contribution >= 4 is 44.8 Å². The van der Waals surface area contributed by atoms with E-state index in [1.165, 1.54) is 46.1 Å². The molecule has 36 heavy (non-hydrogen) atoms. The number of aryl methyl sites for hydroxylation is 4. The standard InChI is InChI=1S/C31H39ClN4/c1-4-5-9-24-11-13-28-26(20-24)30(18-22(2)35-28)33-16-6-7-17-34-31-19-23(3)36-29-14-12-25(10-8-15-32)21-27(29)31/h11-14,18-21H,4-10,15-17H2,1-3H3,(H,33,35)(H,34,36). The lowest BCUT2D eigenvalue weighted by Crippen LogP contribution is -2.08. The van der Waals surface area contributed by atoms with E-state index in [1.54, 1.807) is 0 Å². The fourth-order valence-electron chi connectivity index (χ4n) is 4.76. The molecule has 0 aliphatic rings. The van der Waals surface area contributed by atoms with Crippen LogP contribution in [0.25, 0.3) is 21.8 Å². The number of fused-ring (bicyclic) bond motifs is 2. The highest BCUT2D eigenvalue weighted by Gasteiger charge is 2.07. The zero-order valence-corrected chi connectivity index (χ0v) is 22.7. The predicted molar refractivity (Wildman–Crippen MR) is 157 cm³/mol. The molecule has 0 unspecified atom stereocenters. The summed E-state index contributed by atoms with van der Waals surface area (Å²) in [5.74, 6) is 0.693. The van der Waals surface area contributed by atoms with Crippen LogP contribution in [0.4, 0.5) is 11.4 Å². The van der Waals surface area contributed by atoms with Crippen molar-refractivity contribution in [2.45, 2.75) is 65.7 Å². The van der Waals surface area contributed by atoms with E-state index in [4.69, 9.17) is 21.6 Å². The molecule has 5 heteroatoms. The quantitative estimate of drug-likeness (QED) is 0.143. The van der Waals surface area contributed by atoms with Gasteiger partial charge in [-0.25, -0.2) is 0 Å². The van der Waals surface area contributed by atoms with Gasteiger partial charge in [-0.05, 0) is 99.9 Å². The number of anilines is 2. The van der Waals surface area contributed by atoms with Gasteiger partial charge >= 0.3 is 0 Å². The van der Waals surface area contributed by atoms with E-state index in [0.717, 1.165) is 67.6 Å². The second-order valence-electron chi connectivity index (χ2n) is 9.78. The van der Waals surface area contributed by atoms with E-state index in [1.807, 2.05) is 0 Å². The molecule has 0 spiro atoms. The zero-order chi connectivity index (χ0) is 25.3. The molecule has 0 bridgehead atoms. The average molecular weight is 503 g/mol. The summed E-state index contributed by atoms with van der Waals surface area (Å²) in [4.78, 5) is 9.46. The SMILES string of the molecule is CCCCc1ccc2nc(C)cc(NCCCCNc3cc(C)nc4ccc(CCCCl)cc34)c2c1. The highest BCUT2D eigenvalue weighted by Crippen LogP contribution is 2.27. The minimum absolute atomic E-state index is 0.693. The lowest BCUT2D eigenvalue weighted by Gasteiger charge is -2.14. The normalized spacial score (nSPS) is 11.3. The smallest absolute Gasteiger partial charge is 0.0726 e. The molecule has 2 N–H and O–H groups in total. The first-order chi connectivity index (χ1) is 17.6. The number of pyridine rings is 2. The van der Waals surface area contributed by atoms with Crippen molar-refractivity contribution in [3.63, 3.8) is 0 Å². The maximum Gasteiger partial charge on any atom is 0.0726 e. The molecule has 4 rings (SSSR count). The topological polar surface area (TPSA) is 49.8 Å².